The summed E-state index contributed by atoms with van der Waals surface area (Å²) < 4.78 is 0. The van der Waals surface area contributed by atoms with Gasteiger partial charge in [0.05, 0.1) is 22.9 Å². The number of carbonyl (C=O) groups excluding carboxylic acids is 4. The molecule has 3 aliphatic heterocycles. The van der Waals surface area contributed by atoms with E-state index in [0.717, 1.165) is 37.3 Å². The van der Waals surface area contributed by atoms with Gasteiger partial charge in [-0.15, -0.1) is 0 Å². The number of amides is 4. The molecule has 9 heteroatoms. The van der Waals surface area contributed by atoms with Gasteiger partial charge in [-0.2, -0.15) is 0 Å². The molecule has 0 radical (unpaired) electrons. The van der Waals surface area contributed by atoms with Crippen LogP contribution in [-0.4, -0.2) is 60.3 Å². The van der Waals surface area contributed by atoms with Gasteiger partial charge in [-0.1, -0.05) is 13.0 Å². The van der Waals surface area contributed by atoms with Crippen LogP contribution in [0.25, 0.3) is 0 Å². The summed E-state index contributed by atoms with van der Waals surface area (Å²) in [5, 5.41) is 7.24. The predicted octanol–water partition coefficient (Wildman–Crippen LogP) is 0.988. The Balaban J connectivity index is 1.64. The highest BCUT2D eigenvalue weighted by Gasteiger charge is 2.46. The lowest BCUT2D eigenvalue weighted by molar-refractivity contribution is -0.136. The largest absolute Gasteiger partial charge is 0.317 e. The Bertz CT molecular complexity index is 880. The second kappa shape index (κ2) is 8.53. The number of rotatable bonds is 6. The number of hydrogen-bond donors (Lipinski definition) is 2. The van der Waals surface area contributed by atoms with Crippen molar-refractivity contribution in [1.29, 1.82) is 0 Å². The molecule has 1 atom stereocenters. The van der Waals surface area contributed by atoms with Crippen LogP contribution in [0.15, 0.2) is 18.2 Å². The molecule has 4 amide bonds. The first-order valence-electron chi connectivity index (χ1n) is 10.5. The number of benzene rings is 1. The Labute approximate surface area is 174 Å². The zero-order valence-corrected chi connectivity index (χ0v) is 17.0. The molecule has 2 saturated heterocycles. The quantitative estimate of drug-likeness (QED) is 0.528. The van der Waals surface area contributed by atoms with Crippen molar-refractivity contribution in [2.75, 3.05) is 24.7 Å². The first kappa shape index (κ1) is 20.5. The molecule has 2 fully saturated rings. The van der Waals surface area contributed by atoms with E-state index >= 15 is 0 Å². The van der Waals surface area contributed by atoms with Gasteiger partial charge in [0, 0.05) is 13.0 Å². The molecular weight excluding hydrogens is 388 g/mol. The zero-order chi connectivity index (χ0) is 21.3. The highest BCUT2D eigenvalue weighted by molar-refractivity contribution is 6.25. The van der Waals surface area contributed by atoms with Crippen LogP contribution in [0.3, 0.4) is 0 Å². The molecule has 160 valence electrons. The molecule has 4 rings (SSSR count). The van der Waals surface area contributed by atoms with E-state index < -0.39 is 29.7 Å². The Morgan fingerprint density at radius 2 is 1.87 bits per heavy atom. The van der Waals surface area contributed by atoms with Crippen LogP contribution >= 0.6 is 0 Å². The molecule has 3 aliphatic rings. The normalized spacial score (nSPS) is 22.3. The van der Waals surface area contributed by atoms with Crippen molar-refractivity contribution in [3.63, 3.8) is 0 Å². The third-order valence-corrected chi connectivity index (χ3v) is 5.70. The van der Waals surface area contributed by atoms with Crippen molar-refractivity contribution >= 4 is 29.3 Å². The highest BCUT2D eigenvalue weighted by atomic mass is 16.7. The zero-order valence-electron chi connectivity index (χ0n) is 17.0. The first-order chi connectivity index (χ1) is 14.5. The van der Waals surface area contributed by atoms with E-state index in [2.05, 4.69) is 10.6 Å². The Morgan fingerprint density at radius 3 is 2.57 bits per heavy atom. The summed E-state index contributed by atoms with van der Waals surface area (Å²) in [6.07, 6.45) is 2.79. The fourth-order valence-corrected chi connectivity index (χ4v) is 4.22. The topological polar surface area (TPSA) is 108 Å². The maximum absolute atomic E-state index is 13.3. The third kappa shape index (κ3) is 3.70. The van der Waals surface area contributed by atoms with E-state index in [1.54, 1.807) is 23.3 Å². The van der Waals surface area contributed by atoms with Crippen LogP contribution in [0.5, 0.6) is 0 Å². The minimum absolute atomic E-state index is 0.0344. The molecule has 0 aromatic heterocycles. The van der Waals surface area contributed by atoms with E-state index in [1.165, 1.54) is 0 Å². The minimum Gasteiger partial charge on any atom is -0.317 e. The molecule has 2 N–H and O–H groups in total. The number of carbonyl (C=O) groups is 4. The molecule has 0 bridgehead atoms. The lowest BCUT2D eigenvalue weighted by Crippen LogP contribution is -2.54. The summed E-state index contributed by atoms with van der Waals surface area (Å²) in [7, 11) is 0. The number of hydroxylamine groups is 1. The molecule has 1 aromatic carbocycles. The fourth-order valence-electron chi connectivity index (χ4n) is 4.22. The molecule has 3 heterocycles. The van der Waals surface area contributed by atoms with Gasteiger partial charge in [-0.25, -0.2) is 0 Å². The second-order valence-electron chi connectivity index (χ2n) is 7.80. The van der Waals surface area contributed by atoms with E-state index in [0.29, 0.717) is 12.2 Å². The monoisotopic (exact) mass is 414 g/mol. The van der Waals surface area contributed by atoms with Crippen molar-refractivity contribution in [3.05, 3.63) is 29.3 Å². The fraction of sp³-hybridized carbons (Fsp3) is 0.524. The standard InChI is InChI=1S/C21H26N4O5/c1-2-12-24(30-13-8-10-22-11-9-13)15-5-3-4-14-18(15)21(29)25(20(14)28)16-6-7-17(26)23-19(16)27/h3-5,13,16,22H,2,6-12H2,1H3,(H,23,26,27). The second-order valence-corrected chi connectivity index (χ2v) is 7.80. The van der Waals surface area contributed by atoms with Gasteiger partial charge in [-0.05, 0) is 50.9 Å². The molecule has 1 aromatic rings. The molecule has 30 heavy (non-hydrogen) atoms. The van der Waals surface area contributed by atoms with Gasteiger partial charge in [0.1, 0.15) is 6.04 Å². The van der Waals surface area contributed by atoms with E-state index in [-0.39, 0.29) is 30.1 Å². The lowest BCUT2D eigenvalue weighted by atomic mass is 10.0. The Kier molecular flexibility index (Phi) is 5.83. The SMILES string of the molecule is CCCN(OC1CCNCC1)c1cccc2c1C(=O)N(C1CCC(=O)NC1=O)C2=O. The van der Waals surface area contributed by atoms with Gasteiger partial charge in [0.2, 0.25) is 11.8 Å². The van der Waals surface area contributed by atoms with Crippen LogP contribution in [-0.2, 0) is 14.4 Å². The number of nitrogens with one attached hydrogen (secondary N) is 2. The summed E-state index contributed by atoms with van der Waals surface area (Å²) in [4.78, 5) is 57.3. The van der Waals surface area contributed by atoms with Crippen LogP contribution < -0.4 is 15.7 Å². The summed E-state index contributed by atoms with van der Waals surface area (Å²) in [5.41, 5.74) is 1.06. The van der Waals surface area contributed by atoms with Crippen LogP contribution in [0.4, 0.5) is 5.69 Å². The molecular formula is C21H26N4O5. The maximum Gasteiger partial charge on any atom is 0.264 e. The van der Waals surface area contributed by atoms with Crippen LogP contribution in [0.1, 0.15) is 59.7 Å². The maximum atomic E-state index is 13.3. The number of nitrogens with zero attached hydrogens (tertiary/aromatic N) is 2. The molecule has 1 unspecified atom stereocenters. The highest BCUT2D eigenvalue weighted by Crippen LogP contribution is 2.35. The van der Waals surface area contributed by atoms with Gasteiger partial charge in [0.25, 0.3) is 11.8 Å². The van der Waals surface area contributed by atoms with Gasteiger partial charge in [-0.3, -0.25) is 39.3 Å². The predicted molar refractivity (Wildman–Crippen MR) is 108 cm³/mol. The average molecular weight is 414 g/mol. The van der Waals surface area contributed by atoms with E-state index in [9.17, 15) is 19.2 Å². The molecule has 0 saturated carbocycles. The van der Waals surface area contributed by atoms with Crippen molar-refractivity contribution in [3.8, 4) is 0 Å². The number of fused-ring (bicyclic) bond motifs is 1. The van der Waals surface area contributed by atoms with Crippen molar-refractivity contribution in [2.24, 2.45) is 0 Å². The Morgan fingerprint density at radius 1 is 1.10 bits per heavy atom. The lowest BCUT2D eigenvalue weighted by Gasteiger charge is -2.32. The third-order valence-electron chi connectivity index (χ3n) is 5.70. The first-order valence-corrected chi connectivity index (χ1v) is 10.5. The summed E-state index contributed by atoms with van der Waals surface area (Å²) in [6, 6.07) is 4.11. The van der Waals surface area contributed by atoms with E-state index in [1.807, 2.05) is 6.92 Å². The van der Waals surface area contributed by atoms with Gasteiger partial charge < -0.3 is 5.32 Å². The van der Waals surface area contributed by atoms with Crippen LogP contribution in [0.2, 0.25) is 0 Å². The van der Waals surface area contributed by atoms with Gasteiger partial charge in [0.15, 0.2) is 0 Å². The van der Waals surface area contributed by atoms with Gasteiger partial charge >= 0.3 is 0 Å². The smallest absolute Gasteiger partial charge is 0.264 e. The van der Waals surface area contributed by atoms with Crippen molar-refractivity contribution in [1.82, 2.24) is 15.5 Å². The molecule has 0 aliphatic carbocycles. The van der Waals surface area contributed by atoms with Crippen LogP contribution in [0, 0.1) is 0 Å². The summed E-state index contributed by atoms with van der Waals surface area (Å²) in [5.74, 6) is -2.03. The molecule has 0 spiro atoms. The van der Waals surface area contributed by atoms with Crippen molar-refractivity contribution < 1.29 is 24.0 Å². The van der Waals surface area contributed by atoms with E-state index in [4.69, 9.17) is 4.84 Å². The summed E-state index contributed by atoms with van der Waals surface area (Å²) >= 11 is 0. The number of hydrogen-bond acceptors (Lipinski definition) is 7. The average Bonchev–Trinajstić information content (AvgIpc) is 2.99. The number of imide groups is 2. The Hall–Kier alpha value is -2.78. The number of anilines is 1. The molecule has 9 nitrogen and oxygen atoms in total. The minimum atomic E-state index is -0.979. The van der Waals surface area contributed by atoms with Crippen molar-refractivity contribution in [2.45, 2.75) is 51.2 Å². The number of piperidine rings is 2. The summed E-state index contributed by atoms with van der Waals surface area (Å²) in [6.45, 7) is 4.33.